The molecule has 2 aromatic heterocycles. The topological polar surface area (TPSA) is 55.3 Å². The van der Waals surface area contributed by atoms with E-state index in [1.807, 2.05) is 44.2 Å². The zero-order chi connectivity index (χ0) is 20.4. The Morgan fingerprint density at radius 2 is 1.93 bits per heavy atom. The fraction of sp³-hybridized carbons (Fsp3) is 0.348. The number of rotatable bonds is 5. The summed E-state index contributed by atoms with van der Waals surface area (Å²) in [4.78, 5) is 24.2. The lowest BCUT2D eigenvalue weighted by Gasteiger charge is -2.21. The highest BCUT2D eigenvalue weighted by molar-refractivity contribution is 6.06. The Kier molecular flexibility index (Phi) is 5.63. The summed E-state index contributed by atoms with van der Waals surface area (Å²) in [5, 5.41) is 0.870. The molecular weight excluding hydrogens is 350 g/mol. The molecule has 0 aliphatic carbocycles. The first kappa shape index (κ1) is 19.8. The second-order valence-corrected chi connectivity index (χ2v) is 7.47. The summed E-state index contributed by atoms with van der Waals surface area (Å²) in [7, 11) is 3.46. The molecule has 0 radical (unpaired) electrons. The van der Waals surface area contributed by atoms with Crippen LogP contribution in [0.5, 0.6) is 5.75 Å². The molecule has 0 saturated carbocycles. The van der Waals surface area contributed by atoms with Gasteiger partial charge in [-0.3, -0.25) is 14.8 Å². The second-order valence-electron chi connectivity index (χ2n) is 7.47. The van der Waals surface area contributed by atoms with E-state index >= 15 is 0 Å². The molecule has 3 aromatic rings. The minimum absolute atomic E-state index is 0.0405. The number of methoxy groups -OCH3 is 1. The Balaban J connectivity index is 1.98. The fourth-order valence-corrected chi connectivity index (χ4v) is 3.40. The first-order chi connectivity index (χ1) is 13.3. The number of carbonyl (C=O) groups is 1. The molecule has 0 atom stereocenters. The summed E-state index contributed by atoms with van der Waals surface area (Å²) in [6.45, 7) is 8.52. The lowest BCUT2D eigenvalue weighted by Crippen LogP contribution is -2.27. The molecule has 5 nitrogen and oxygen atoms in total. The van der Waals surface area contributed by atoms with Crippen molar-refractivity contribution < 1.29 is 9.53 Å². The zero-order valence-electron chi connectivity index (χ0n) is 17.4. The van der Waals surface area contributed by atoms with Gasteiger partial charge in [0.05, 0.1) is 30.4 Å². The summed E-state index contributed by atoms with van der Waals surface area (Å²) < 4.78 is 5.49. The molecule has 2 heterocycles. The molecule has 0 fully saturated rings. The van der Waals surface area contributed by atoms with Crippen LogP contribution in [0.1, 0.15) is 52.6 Å². The molecular formula is C23H27N3O2. The first-order valence-electron chi connectivity index (χ1n) is 9.47. The van der Waals surface area contributed by atoms with E-state index in [0.717, 1.165) is 39.2 Å². The van der Waals surface area contributed by atoms with Crippen molar-refractivity contribution in [3.05, 3.63) is 64.6 Å². The van der Waals surface area contributed by atoms with E-state index < -0.39 is 0 Å². The number of fused-ring (bicyclic) bond motifs is 1. The van der Waals surface area contributed by atoms with Gasteiger partial charge in [0.2, 0.25) is 0 Å². The summed E-state index contributed by atoms with van der Waals surface area (Å²) in [5.74, 6) is 1.02. The van der Waals surface area contributed by atoms with Crippen molar-refractivity contribution in [2.45, 2.75) is 40.2 Å². The molecule has 0 aliphatic rings. The average molecular weight is 377 g/mol. The summed E-state index contributed by atoms with van der Waals surface area (Å²) in [6.07, 6.45) is 1.79. The summed E-state index contributed by atoms with van der Waals surface area (Å²) in [6, 6.07) is 9.71. The number of nitrogens with zero attached hydrogens (tertiary/aromatic N) is 3. The van der Waals surface area contributed by atoms with Gasteiger partial charge in [0, 0.05) is 35.5 Å². The average Bonchev–Trinajstić information content (AvgIpc) is 2.69. The van der Waals surface area contributed by atoms with Gasteiger partial charge in [-0.25, -0.2) is 0 Å². The van der Waals surface area contributed by atoms with E-state index in [2.05, 4.69) is 18.8 Å². The number of hydrogen-bond acceptors (Lipinski definition) is 4. The number of hydrogen-bond donors (Lipinski definition) is 0. The molecule has 0 saturated heterocycles. The fourth-order valence-electron chi connectivity index (χ4n) is 3.40. The van der Waals surface area contributed by atoms with Crippen LogP contribution in [-0.2, 0) is 6.54 Å². The second kappa shape index (κ2) is 7.97. The van der Waals surface area contributed by atoms with Crippen LogP contribution in [0.3, 0.4) is 0 Å². The van der Waals surface area contributed by atoms with E-state index in [0.29, 0.717) is 12.1 Å². The monoisotopic (exact) mass is 377 g/mol. The van der Waals surface area contributed by atoms with Gasteiger partial charge in [-0.1, -0.05) is 32.0 Å². The quantitative estimate of drug-likeness (QED) is 0.649. The molecule has 0 bridgehead atoms. The molecule has 1 aromatic carbocycles. The SMILES string of the molecule is COc1c(C)cnc(CN(C)C(=O)c2cc(C(C)C)nc3ccccc23)c1C. The van der Waals surface area contributed by atoms with Gasteiger partial charge in [-0.2, -0.15) is 0 Å². The first-order valence-corrected chi connectivity index (χ1v) is 9.47. The van der Waals surface area contributed by atoms with Crippen LogP contribution in [0.2, 0.25) is 0 Å². The van der Waals surface area contributed by atoms with E-state index in [1.165, 1.54) is 0 Å². The number of carbonyl (C=O) groups excluding carboxylic acids is 1. The lowest BCUT2D eigenvalue weighted by atomic mass is 10.0. The number of benzene rings is 1. The van der Waals surface area contributed by atoms with Crippen molar-refractivity contribution in [1.82, 2.24) is 14.9 Å². The number of aryl methyl sites for hydroxylation is 1. The highest BCUT2D eigenvalue weighted by Gasteiger charge is 2.20. The Hall–Kier alpha value is -2.95. The van der Waals surface area contributed by atoms with Crippen LogP contribution in [0.15, 0.2) is 36.5 Å². The van der Waals surface area contributed by atoms with Gasteiger partial charge in [0.15, 0.2) is 0 Å². The lowest BCUT2D eigenvalue weighted by molar-refractivity contribution is 0.0785. The predicted molar refractivity (Wildman–Crippen MR) is 112 cm³/mol. The van der Waals surface area contributed by atoms with Crippen LogP contribution in [0.25, 0.3) is 10.9 Å². The van der Waals surface area contributed by atoms with Crippen molar-refractivity contribution in [1.29, 1.82) is 0 Å². The van der Waals surface area contributed by atoms with Gasteiger partial charge >= 0.3 is 0 Å². The Bertz CT molecular complexity index is 1030. The third kappa shape index (κ3) is 3.70. The van der Waals surface area contributed by atoms with Crippen LogP contribution in [0.4, 0.5) is 0 Å². The van der Waals surface area contributed by atoms with Gasteiger partial charge in [-0.05, 0) is 31.9 Å². The third-order valence-corrected chi connectivity index (χ3v) is 5.04. The maximum absolute atomic E-state index is 13.3. The molecule has 146 valence electrons. The Morgan fingerprint density at radius 1 is 1.21 bits per heavy atom. The minimum atomic E-state index is -0.0405. The Labute approximate surface area is 166 Å². The standard InChI is InChI=1S/C23H27N3O2/c1-14(2)20-11-18(17-9-7-8-10-19(17)25-20)23(27)26(5)13-21-16(4)22(28-6)15(3)12-24-21/h7-12,14H,13H2,1-6H3. The minimum Gasteiger partial charge on any atom is -0.496 e. The summed E-state index contributed by atoms with van der Waals surface area (Å²) in [5.41, 5.74) is 5.22. The maximum Gasteiger partial charge on any atom is 0.254 e. The highest BCUT2D eigenvalue weighted by atomic mass is 16.5. The van der Waals surface area contributed by atoms with Gasteiger partial charge in [0.25, 0.3) is 5.91 Å². The number of pyridine rings is 2. The number of amides is 1. The molecule has 3 rings (SSSR count). The molecule has 0 aliphatic heterocycles. The van der Waals surface area contributed by atoms with Crippen molar-refractivity contribution in [3.63, 3.8) is 0 Å². The summed E-state index contributed by atoms with van der Waals surface area (Å²) >= 11 is 0. The van der Waals surface area contributed by atoms with Crippen LogP contribution >= 0.6 is 0 Å². The number of aromatic nitrogens is 2. The molecule has 5 heteroatoms. The number of para-hydroxylation sites is 1. The largest absolute Gasteiger partial charge is 0.496 e. The molecule has 0 N–H and O–H groups in total. The van der Waals surface area contributed by atoms with Crippen molar-refractivity contribution in [2.75, 3.05) is 14.2 Å². The Morgan fingerprint density at radius 3 is 2.61 bits per heavy atom. The maximum atomic E-state index is 13.3. The molecule has 0 spiro atoms. The molecule has 0 unspecified atom stereocenters. The van der Waals surface area contributed by atoms with Crippen LogP contribution < -0.4 is 4.74 Å². The zero-order valence-corrected chi connectivity index (χ0v) is 17.4. The van der Waals surface area contributed by atoms with Crippen LogP contribution in [-0.4, -0.2) is 34.9 Å². The van der Waals surface area contributed by atoms with E-state index in [4.69, 9.17) is 9.72 Å². The smallest absolute Gasteiger partial charge is 0.254 e. The normalized spacial score (nSPS) is 11.1. The van der Waals surface area contributed by atoms with E-state index in [9.17, 15) is 4.79 Å². The predicted octanol–water partition coefficient (Wildman–Crippen LogP) is 4.65. The van der Waals surface area contributed by atoms with Crippen LogP contribution in [0, 0.1) is 13.8 Å². The molecule has 28 heavy (non-hydrogen) atoms. The van der Waals surface area contributed by atoms with Crippen molar-refractivity contribution in [2.24, 2.45) is 0 Å². The molecule has 1 amide bonds. The third-order valence-electron chi connectivity index (χ3n) is 5.04. The van der Waals surface area contributed by atoms with E-state index in [-0.39, 0.29) is 11.8 Å². The van der Waals surface area contributed by atoms with E-state index in [1.54, 1.807) is 25.3 Å². The van der Waals surface area contributed by atoms with Gasteiger partial charge in [0.1, 0.15) is 5.75 Å². The van der Waals surface area contributed by atoms with Gasteiger partial charge < -0.3 is 9.64 Å². The van der Waals surface area contributed by atoms with Crippen molar-refractivity contribution >= 4 is 16.8 Å². The van der Waals surface area contributed by atoms with Crippen molar-refractivity contribution in [3.8, 4) is 5.75 Å². The highest BCUT2D eigenvalue weighted by Crippen LogP contribution is 2.26. The number of ether oxygens (including phenoxy) is 1. The van der Waals surface area contributed by atoms with Gasteiger partial charge in [-0.15, -0.1) is 0 Å².